The molecule has 1 aromatic rings. The van der Waals surface area contributed by atoms with E-state index in [9.17, 15) is 4.79 Å². The van der Waals surface area contributed by atoms with Gasteiger partial charge in [0.05, 0.1) is 10.4 Å². The molecule has 1 saturated carbocycles. The number of nitrogens with zero attached hydrogens (tertiary/aromatic N) is 1. The van der Waals surface area contributed by atoms with E-state index in [0.717, 1.165) is 48.7 Å². The van der Waals surface area contributed by atoms with E-state index in [0.29, 0.717) is 13.1 Å². The van der Waals surface area contributed by atoms with Gasteiger partial charge in [-0.25, -0.2) is 4.98 Å². The number of hydrogen-bond acceptors (Lipinski definition) is 4. The number of nitrogens with two attached hydrogens (primary N) is 1. The molecule has 0 aromatic carbocycles. The minimum absolute atomic E-state index is 0.139. The van der Waals surface area contributed by atoms with Gasteiger partial charge in [-0.2, -0.15) is 0 Å². The minimum atomic E-state index is -0.328. The lowest BCUT2D eigenvalue weighted by Crippen LogP contribution is -2.48. The van der Waals surface area contributed by atoms with Crippen LogP contribution >= 0.6 is 11.3 Å². The van der Waals surface area contributed by atoms with Crippen molar-refractivity contribution in [2.75, 3.05) is 13.1 Å². The highest BCUT2D eigenvalue weighted by Gasteiger charge is 2.39. The van der Waals surface area contributed by atoms with Crippen LogP contribution in [-0.4, -0.2) is 24.0 Å². The molecule has 0 bridgehead atoms. The third-order valence-corrected chi connectivity index (χ3v) is 5.42. The van der Waals surface area contributed by atoms with Gasteiger partial charge in [0.2, 0.25) is 5.91 Å². The van der Waals surface area contributed by atoms with Crippen LogP contribution in [0.2, 0.25) is 0 Å². The van der Waals surface area contributed by atoms with Crippen LogP contribution in [0.25, 0.3) is 0 Å². The van der Waals surface area contributed by atoms with Crippen molar-refractivity contribution in [2.45, 2.75) is 46.0 Å². The number of rotatable bonds is 5. The average molecular weight is 295 g/mol. The fraction of sp³-hybridized carbons (Fsp3) is 0.733. The number of carbonyl (C=O) groups is 1. The first-order valence-electron chi connectivity index (χ1n) is 7.45. The van der Waals surface area contributed by atoms with E-state index in [4.69, 9.17) is 5.73 Å². The van der Waals surface area contributed by atoms with Crippen molar-refractivity contribution in [3.8, 4) is 0 Å². The first-order valence-corrected chi connectivity index (χ1v) is 8.33. The maximum Gasteiger partial charge on any atom is 0.227 e. The second kappa shape index (κ2) is 6.68. The summed E-state index contributed by atoms with van der Waals surface area (Å²) in [6.45, 7) is 5.36. The Labute approximate surface area is 125 Å². The summed E-state index contributed by atoms with van der Waals surface area (Å²) >= 11 is 1.65. The Morgan fingerprint density at radius 3 is 2.80 bits per heavy atom. The average Bonchev–Trinajstić information content (AvgIpc) is 2.85. The molecular formula is C15H25N3OS. The molecule has 1 aliphatic rings. The van der Waals surface area contributed by atoms with E-state index in [1.807, 2.05) is 12.3 Å². The predicted octanol–water partition coefficient (Wildman–Crippen LogP) is 2.27. The van der Waals surface area contributed by atoms with Gasteiger partial charge in [-0.05, 0) is 38.5 Å². The smallest absolute Gasteiger partial charge is 0.227 e. The van der Waals surface area contributed by atoms with Crippen LogP contribution in [0.15, 0.2) is 5.38 Å². The van der Waals surface area contributed by atoms with Crippen LogP contribution in [-0.2, 0) is 11.2 Å². The number of amides is 1. The maximum absolute atomic E-state index is 12.4. The molecule has 5 heteroatoms. The van der Waals surface area contributed by atoms with Crippen molar-refractivity contribution in [3.05, 3.63) is 16.1 Å². The Morgan fingerprint density at radius 2 is 2.25 bits per heavy atom. The standard InChI is InChI=1S/C15H25N3OS/c1-11-3-6-15(10-16,7-4-11)14(19)17-8-5-13-18-12(2)9-20-13/h9,11H,3-8,10,16H2,1-2H3,(H,17,19). The van der Waals surface area contributed by atoms with Gasteiger partial charge in [0.25, 0.3) is 0 Å². The summed E-state index contributed by atoms with van der Waals surface area (Å²) in [5, 5.41) is 6.19. The molecule has 4 nitrogen and oxygen atoms in total. The van der Waals surface area contributed by atoms with Gasteiger partial charge in [-0.1, -0.05) is 6.92 Å². The lowest BCUT2D eigenvalue weighted by molar-refractivity contribution is -0.132. The van der Waals surface area contributed by atoms with Crippen LogP contribution in [0.3, 0.4) is 0 Å². The molecule has 1 aliphatic carbocycles. The molecule has 0 radical (unpaired) electrons. The van der Waals surface area contributed by atoms with Crippen LogP contribution in [0, 0.1) is 18.3 Å². The van der Waals surface area contributed by atoms with Crippen LogP contribution < -0.4 is 11.1 Å². The first-order chi connectivity index (χ1) is 9.55. The molecule has 1 fully saturated rings. The number of aryl methyl sites for hydroxylation is 1. The third kappa shape index (κ3) is 3.58. The molecule has 2 rings (SSSR count). The lowest BCUT2D eigenvalue weighted by atomic mass is 9.70. The SMILES string of the molecule is Cc1csc(CCNC(=O)C2(CN)CCC(C)CC2)n1. The van der Waals surface area contributed by atoms with Gasteiger partial charge >= 0.3 is 0 Å². The summed E-state index contributed by atoms with van der Waals surface area (Å²) in [6.07, 6.45) is 4.87. The van der Waals surface area contributed by atoms with Gasteiger partial charge in [-0.3, -0.25) is 4.79 Å². The second-order valence-corrected chi connectivity index (χ2v) is 7.00. The van der Waals surface area contributed by atoms with E-state index in [-0.39, 0.29) is 11.3 Å². The number of carbonyl (C=O) groups excluding carboxylic acids is 1. The Kier molecular flexibility index (Phi) is 5.16. The highest BCUT2D eigenvalue weighted by atomic mass is 32.1. The summed E-state index contributed by atoms with van der Waals surface area (Å²) in [5.41, 5.74) is 6.62. The second-order valence-electron chi connectivity index (χ2n) is 6.06. The molecule has 0 atom stereocenters. The van der Waals surface area contributed by atoms with Gasteiger partial charge in [0.15, 0.2) is 0 Å². The normalized spacial score (nSPS) is 26.4. The zero-order valence-corrected chi connectivity index (χ0v) is 13.3. The molecule has 0 spiro atoms. The van der Waals surface area contributed by atoms with Crippen molar-refractivity contribution in [1.82, 2.24) is 10.3 Å². The molecule has 0 saturated heterocycles. The van der Waals surface area contributed by atoms with Crippen molar-refractivity contribution >= 4 is 17.2 Å². The van der Waals surface area contributed by atoms with Crippen molar-refractivity contribution in [2.24, 2.45) is 17.1 Å². The minimum Gasteiger partial charge on any atom is -0.355 e. The fourth-order valence-corrected chi connectivity index (χ4v) is 3.60. The Bertz CT molecular complexity index is 450. The molecule has 0 unspecified atom stereocenters. The van der Waals surface area contributed by atoms with E-state index in [1.165, 1.54) is 0 Å². The molecular weight excluding hydrogens is 270 g/mol. The van der Waals surface area contributed by atoms with Crippen molar-refractivity contribution < 1.29 is 4.79 Å². The highest BCUT2D eigenvalue weighted by molar-refractivity contribution is 7.09. The summed E-state index contributed by atoms with van der Waals surface area (Å²) in [7, 11) is 0. The Hall–Kier alpha value is -0.940. The maximum atomic E-state index is 12.4. The predicted molar refractivity (Wildman–Crippen MR) is 82.7 cm³/mol. The number of thiazole rings is 1. The van der Waals surface area contributed by atoms with E-state index < -0.39 is 0 Å². The molecule has 1 amide bonds. The molecule has 0 aliphatic heterocycles. The molecule has 112 valence electrons. The van der Waals surface area contributed by atoms with Crippen molar-refractivity contribution in [1.29, 1.82) is 0 Å². The zero-order valence-electron chi connectivity index (χ0n) is 12.4. The lowest BCUT2D eigenvalue weighted by Gasteiger charge is -2.37. The fourth-order valence-electron chi connectivity index (χ4n) is 2.83. The van der Waals surface area contributed by atoms with Gasteiger partial charge in [0, 0.05) is 30.6 Å². The van der Waals surface area contributed by atoms with E-state index in [1.54, 1.807) is 11.3 Å². The summed E-state index contributed by atoms with van der Waals surface area (Å²) in [6, 6.07) is 0. The molecule has 1 aromatic heterocycles. The Morgan fingerprint density at radius 1 is 1.55 bits per heavy atom. The summed E-state index contributed by atoms with van der Waals surface area (Å²) in [5.74, 6) is 0.862. The number of hydrogen-bond donors (Lipinski definition) is 2. The molecule has 3 N–H and O–H groups in total. The third-order valence-electron chi connectivity index (χ3n) is 4.39. The van der Waals surface area contributed by atoms with E-state index in [2.05, 4.69) is 17.2 Å². The molecule has 20 heavy (non-hydrogen) atoms. The summed E-state index contributed by atoms with van der Waals surface area (Å²) in [4.78, 5) is 16.9. The van der Waals surface area contributed by atoms with Crippen LogP contribution in [0.4, 0.5) is 0 Å². The van der Waals surface area contributed by atoms with Gasteiger partial charge < -0.3 is 11.1 Å². The Balaban J connectivity index is 1.83. The highest BCUT2D eigenvalue weighted by Crippen LogP contribution is 2.38. The first kappa shape index (κ1) is 15.4. The quantitative estimate of drug-likeness (QED) is 0.875. The largest absolute Gasteiger partial charge is 0.355 e. The van der Waals surface area contributed by atoms with Crippen molar-refractivity contribution in [3.63, 3.8) is 0 Å². The zero-order chi connectivity index (χ0) is 14.6. The summed E-state index contributed by atoms with van der Waals surface area (Å²) < 4.78 is 0. The molecule has 1 heterocycles. The monoisotopic (exact) mass is 295 g/mol. The van der Waals surface area contributed by atoms with Crippen LogP contribution in [0.1, 0.15) is 43.3 Å². The van der Waals surface area contributed by atoms with Crippen LogP contribution in [0.5, 0.6) is 0 Å². The number of aromatic nitrogens is 1. The van der Waals surface area contributed by atoms with Gasteiger partial charge in [-0.15, -0.1) is 11.3 Å². The van der Waals surface area contributed by atoms with Gasteiger partial charge in [0.1, 0.15) is 0 Å². The van der Waals surface area contributed by atoms with E-state index >= 15 is 0 Å². The topological polar surface area (TPSA) is 68.0 Å². The number of nitrogens with one attached hydrogen (secondary N) is 1.